The average molecular weight is 282 g/mol. The smallest absolute Gasteiger partial charge is 0.332 e. The largest absolute Gasteiger partial charge is 0.377 e. The van der Waals surface area contributed by atoms with Crippen molar-refractivity contribution < 1.29 is 9.47 Å². The zero-order valence-corrected chi connectivity index (χ0v) is 11.8. The summed E-state index contributed by atoms with van der Waals surface area (Å²) < 4.78 is 13.9. The van der Waals surface area contributed by atoms with Crippen molar-refractivity contribution >= 4 is 11.2 Å². The molecule has 1 aliphatic rings. The lowest BCUT2D eigenvalue weighted by Gasteiger charge is -2.09. The number of nitrogens with zero attached hydrogens (tertiary/aromatic N) is 4. The fourth-order valence-electron chi connectivity index (χ4n) is 1.91. The van der Waals surface area contributed by atoms with E-state index in [4.69, 9.17) is 9.47 Å². The van der Waals surface area contributed by atoms with Gasteiger partial charge in [-0.05, 0) is 0 Å². The van der Waals surface area contributed by atoms with Crippen LogP contribution in [0.15, 0.2) is 15.9 Å². The van der Waals surface area contributed by atoms with Gasteiger partial charge in [0.25, 0.3) is 5.56 Å². The Hall–Kier alpha value is -1.93. The maximum atomic E-state index is 11.7. The molecule has 1 fully saturated rings. The summed E-state index contributed by atoms with van der Waals surface area (Å²) in [5.74, 6) is 0. The summed E-state index contributed by atoms with van der Waals surface area (Å²) in [7, 11) is 4.77. The molecule has 0 spiro atoms. The fourth-order valence-corrected chi connectivity index (χ4v) is 1.91. The summed E-state index contributed by atoms with van der Waals surface area (Å²) >= 11 is 0. The highest BCUT2D eigenvalue weighted by Crippen LogP contribution is 2.01. The van der Waals surface area contributed by atoms with Crippen LogP contribution in [-0.2, 0) is 30.6 Å². The van der Waals surface area contributed by atoms with Gasteiger partial charge in [0, 0.05) is 21.1 Å². The summed E-state index contributed by atoms with van der Waals surface area (Å²) in [6.45, 7) is 3.11. The van der Waals surface area contributed by atoms with Crippen LogP contribution in [0.2, 0.25) is 0 Å². The van der Waals surface area contributed by atoms with Crippen molar-refractivity contribution in [1.29, 1.82) is 0 Å². The van der Waals surface area contributed by atoms with Gasteiger partial charge in [-0.2, -0.15) is 0 Å². The van der Waals surface area contributed by atoms with E-state index < -0.39 is 0 Å². The summed E-state index contributed by atoms with van der Waals surface area (Å²) in [6, 6.07) is 0. The monoisotopic (exact) mass is 282 g/mol. The molecule has 8 heteroatoms. The predicted molar refractivity (Wildman–Crippen MR) is 72.8 cm³/mol. The van der Waals surface area contributed by atoms with Gasteiger partial charge >= 0.3 is 5.69 Å². The highest BCUT2D eigenvalue weighted by molar-refractivity contribution is 5.69. The minimum Gasteiger partial charge on any atom is -0.377 e. The second-order valence-electron chi connectivity index (χ2n) is 4.46. The number of fused-ring (bicyclic) bond motifs is 1. The number of hydrogen-bond acceptors (Lipinski definition) is 5. The molecule has 0 radical (unpaired) electrons. The summed E-state index contributed by atoms with van der Waals surface area (Å²) in [4.78, 5) is 27.2. The van der Waals surface area contributed by atoms with Gasteiger partial charge in [0.05, 0.1) is 32.8 Å². The van der Waals surface area contributed by atoms with Gasteiger partial charge in [-0.25, -0.2) is 9.78 Å². The van der Waals surface area contributed by atoms with E-state index in [1.807, 2.05) is 0 Å². The van der Waals surface area contributed by atoms with Crippen LogP contribution in [0.4, 0.5) is 0 Å². The third kappa shape index (κ3) is 2.66. The minimum absolute atomic E-state index is 0.317. The molecule has 1 aliphatic heterocycles. The van der Waals surface area contributed by atoms with Crippen molar-refractivity contribution in [3.8, 4) is 0 Å². The van der Waals surface area contributed by atoms with Crippen LogP contribution < -0.4 is 11.2 Å². The van der Waals surface area contributed by atoms with Gasteiger partial charge < -0.3 is 14.0 Å². The highest BCUT2D eigenvalue weighted by atomic mass is 16.6. The molecular formula is C12H18N4O4. The minimum atomic E-state index is -0.360. The molecule has 0 unspecified atom stereocenters. The molecule has 0 aliphatic carbocycles. The number of rotatable bonds is 0. The van der Waals surface area contributed by atoms with Gasteiger partial charge in [-0.3, -0.25) is 13.9 Å². The Bertz CT molecular complexity index is 697. The molecule has 1 saturated heterocycles. The first-order valence-corrected chi connectivity index (χ1v) is 6.26. The Morgan fingerprint density at radius 2 is 1.55 bits per heavy atom. The van der Waals surface area contributed by atoms with Gasteiger partial charge in [-0.1, -0.05) is 0 Å². The van der Waals surface area contributed by atoms with Gasteiger partial charge in [0.2, 0.25) is 0 Å². The van der Waals surface area contributed by atoms with Crippen molar-refractivity contribution in [3.05, 3.63) is 27.2 Å². The number of imidazole rings is 1. The maximum Gasteiger partial charge on any atom is 0.332 e. The fraction of sp³-hybridized carbons (Fsp3) is 0.583. The third-order valence-electron chi connectivity index (χ3n) is 3.06. The summed E-state index contributed by atoms with van der Waals surface area (Å²) in [5.41, 5.74) is 0.180. The molecule has 0 atom stereocenters. The molecule has 110 valence electrons. The van der Waals surface area contributed by atoms with E-state index in [0.717, 1.165) is 31.0 Å². The number of hydrogen-bond donors (Lipinski definition) is 0. The van der Waals surface area contributed by atoms with Gasteiger partial charge in [0.15, 0.2) is 11.2 Å². The third-order valence-corrected chi connectivity index (χ3v) is 3.06. The molecule has 3 rings (SSSR count). The van der Waals surface area contributed by atoms with Crippen LogP contribution in [0.25, 0.3) is 11.2 Å². The number of aryl methyl sites for hydroxylation is 2. The molecule has 3 heterocycles. The lowest BCUT2D eigenvalue weighted by atomic mass is 10.5. The molecule has 0 amide bonds. The number of ether oxygens (including phenoxy) is 2. The van der Waals surface area contributed by atoms with Gasteiger partial charge in [-0.15, -0.1) is 0 Å². The summed E-state index contributed by atoms with van der Waals surface area (Å²) in [6.07, 6.45) is 1.52. The Morgan fingerprint density at radius 1 is 1.00 bits per heavy atom. The lowest BCUT2D eigenvalue weighted by molar-refractivity contribution is -0.0334. The number of aromatic nitrogens is 4. The Kier molecular flexibility index (Phi) is 4.35. The molecule has 0 bridgehead atoms. The van der Waals surface area contributed by atoms with E-state index in [-0.39, 0.29) is 11.2 Å². The molecule has 8 nitrogen and oxygen atoms in total. The topological polar surface area (TPSA) is 80.3 Å². The molecular weight excluding hydrogens is 264 g/mol. The van der Waals surface area contributed by atoms with E-state index in [1.54, 1.807) is 18.7 Å². The highest BCUT2D eigenvalue weighted by Gasteiger charge is 2.11. The quantitative estimate of drug-likeness (QED) is 0.619. The van der Waals surface area contributed by atoms with E-state index >= 15 is 0 Å². The first-order valence-electron chi connectivity index (χ1n) is 6.26. The first-order chi connectivity index (χ1) is 9.54. The van der Waals surface area contributed by atoms with Crippen LogP contribution in [0.3, 0.4) is 0 Å². The van der Waals surface area contributed by atoms with Crippen LogP contribution in [0.5, 0.6) is 0 Å². The van der Waals surface area contributed by atoms with Crippen molar-refractivity contribution in [2.24, 2.45) is 21.1 Å². The second kappa shape index (κ2) is 6.02. The standard InChI is InChI=1S/C8H10N4O2.C4H8O2/c1-10-4-9-6-5(10)7(13)12(3)8(14)11(6)2;1-2-6-4-3-5-1/h4H,1-3H3;1-4H2. The Labute approximate surface area is 115 Å². The molecule has 0 saturated carbocycles. The molecule has 0 aromatic carbocycles. The van der Waals surface area contributed by atoms with Crippen LogP contribution in [-0.4, -0.2) is 45.1 Å². The molecule has 2 aromatic rings. The van der Waals surface area contributed by atoms with E-state index in [2.05, 4.69) is 4.98 Å². The normalized spacial score (nSPS) is 14.9. The zero-order valence-electron chi connectivity index (χ0n) is 11.8. The first kappa shape index (κ1) is 14.5. The lowest BCUT2D eigenvalue weighted by Crippen LogP contribution is -2.37. The van der Waals surface area contributed by atoms with E-state index in [1.165, 1.54) is 17.9 Å². The predicted octanol–water partition coefficient (Wildman–Crippen LogP) is -0.996. The molecule has 20 heavy (non-hydrogen) atoms. The maximum absolute atomic E-state index is 11.7. The van der Waals surface area contributed by atoms with Crippen molar-refractivity contribution in [2.75, 3.05) is 26.4 Å². The van der Waals surface area contributed by atoms with Gasteiger partial charge in [0.1, 0.15) is 0 Å². The molecule has 2 aromatic heterocycles. The Morgan fingerprint density at radius 3 is 2.05 bits per heavy atom. The van der Waals surface area contributed by atoms with Crippen LogP contribution >= 0.6 is 0 Å². The van der Waals surface area contributed by atoms with Crippen molar-refractivity contribution in [2.45, 2.75) is 0 Å². The zero-order chi connectivity index (χ0) is 14.7. The summed E-state index contributed by atoms with van der Waals surface area (Å²) in [5, 5.41) is 0. The molecule has 0 N–H and O–H groups in total. The SMILES string of the molecule is C1COCCO1.Cn1c(=O)c2c(ncn2C)n(C)c1=O. The second-order valence-corrected chi connectivity index (χ2v) is 4.46. The van der Waals surface area contributed by atoms with Crippen LogP contribution in [0.1, 0.15) is 0 Å². The van der Waals surface area contributed by atoms with E-state index in [9.17, 15) is 9.59 Å². The van der Waals surface area contributed by atoms with Crippen LogP contribution in [0, 0.1) is 0 Å². The van der Waals surface area contributed by atoms with E-state index in [0.29, 0.717) is 11.2 Å². The average Bonchev–Trinajstić information content (AvgIpc) is 2.87. The Balaban J connectivity index is 0.000000205. The van der Waals surface area contributed by atoms with Crippen molar-refractivity contribution in [3.63, 3.8) is 0 Å². The van der Waals surface area contributed by atoms with Crippen molar-refractivity contribution in [1.82, 2.24) is 18.7 Å².